The summed E-state index contributed by atoms with van der Waals surface area (Å²) >= 11 is -2.06. The Balaban J connectivity index is 2.17. The zero-order valence-electron chi connectivity index (χ0n) is 12.5. The maximum absolute atomic E-state index is 2.36. The number of benzene rings is 3. The van der Waals surface area contributed by atoms with Crippen LogP contribution in [-0.4, -0.2) is 19.8 Å². The van der Waals surface area contributed by atoms with Gasteiger partial charge < -0.3 is 0 Å². The van der Waals surface area contributed by atoms with Crippen LogP contribution < -0.4 is 10.7 Å². The van der Waals surface area contributed by atoms with Crippen molar-refractivity contribution in [2.45, 2.75) is 13.8 Å². The van der Waals surface area contributed by atoms with E-state index in [0.29, 0.717) is 0 Å². The number of rotatable bonds is 3. The molecule has 1 radical (unpaired) electrons. The van der Waals surface area contributed by atoms with Crippen LogP contribution in [0.3, 0.4) is 0 Å². The second-order valence-corrected chi connectivity index (χ2v) is 12.4. The molecule has 21 heavy (non-hydrogen) atoms. The molecular weight excluding hydrogens is 359 g/mol. The van der Waals surface area contributed by atoms with Gasteiger partial charge in [0.05, 0.1) is 0 Å². The molecule has 103 valence electrons. The molecule has 0 amide bonds. The summed E-state index contributed by atoms with van der Waals surface area (Å²) in [5.74, 6) is 0. The van der Waals surface area contributed by atoms with Crippen LogP contribution in [0.4, 0.5) is 0 Å². The molecule has 0 aliphatic rings. The topological polar surface area (TPSA) is 0 Å². The van der Waals surface area contributed by atoms with Crippen molar-refractivity contribution in [3.05, 3.63) is 90.0 Å². The predicted molar refractivity (Wildman–Crippen MR) is 93.5 cm³/mol. The molecule has 0 aliphatic carbocycles. The Morgan fingerprint density at radius 3 is 1.62 bits per heavy atom. The molecule has 0 saturated carbocycles. The molecule has 0 aromatic heterocycles. The van der Waals surface area contributed by atoms with Gasteiger partial charge >= 0.3 is 134 Å². The molecule has 0 fully saturated rings. The molecule has 0 spiro atoms. The van der Waals surface area contributed by atoms with Crippen LogP contribution in [0.1, 0.15) is 11.1 Å². The van der Waals surface area contributed by atoms with E-state index in [1.807, 2.05) is 0 Å². The summed E-state index contributed by atoms with van der Waals surface area (Å²) < 4.78 is 4.66. The van der Waals surface area contributed by atoms with Crippen LogP contribution in [0.2, 0.25) is 0 Å². The van der Waals surface area contributed by atoms with Crippen molar-refractivity contribution in [3.63, 3.8) is 0 Å². The Morgan fingerprint density at radius 2 is 1.14 bits per heavy atom. The van der Waals surface area contributed by atoms with Gasteiger partial charge in [0.1, 0.15) is 0 Å². The normalized spacial score (nSPS) is 10.8. The molecule has 3 rings (SSSR count). The molecular formula is C20H19Sn. The van der Waals surface area contributed by atoms with Gasteiger partial charge in [0.15, 0.2) is 0 Å². The molecule has 0 atom stereocenters. The number of aryl methyl sites for hydroxylation is 2. The second kappa shape index (κ2) is 6.48. The van der Waals surface area contributed by atoms with Gasteiger partial charge in [-0.3, -0.25) is 0 Å². The monoisotopic (exact) mass is 379 g/mol. The maximum atomic E-state index is 2.36. The molecule has 0 N–H and O–H groups in total. The minimum atomic E-state index is -2.06. The Morgan fingerprint density at radius 1 is 0.619 bits per heavy atom. The molecule has 0 saturated heterocycles. The summed E-state index contributed by atoms with van der Waals surface area (Å²) in [6.45, 7) is 4.43. The summed E-state index contributed by atoms with van der Waals surface area (Å²) in [7, 11) is 0. The Labute approximate surface area is 134 Å². The third-order valence-corrected chi connectivity index (χ3v) is 12.1. The van der Waals surface area contributed by atoms with E-state index in [2.05, 4.69) is 92.7 Å². The Bertz CT molecular complexity index is 678. The van der Waals surface area contributed by atoms with Gasteiger partial charge in [0.25, 0.3) is 0 Å². The number of hydrogen-bond acceptors (Lipinski definition) is 0. The van der Waals surface area contributed by atoms with E-state index in [-0.39, 0.29) is 0 Å². The van der Waals surface area contributed by atoms with Crippen LogP contribution in [0.15, 0.2) is 78.9 Å². The first-order valence-electron chi connectivity index (χ1n) is 7.31. The molecule has 3 aromatic rings. The van der Waals surface area contributed by atoms with Crippen molar-refractivity contribution < 1.29 is 0 Å². The molecule has 0 aliphatic heterocycles. The molecule has 0 unspecified atom stereocenters. The van der Waals surface area contributed by atoms with E-state index >= 15 is 0 Å². The fourth-order valence-corrected chi connectivity index (χ4v) is 10.6. The van der Waals surface area contributed by atoms with Crippen molar-refractivity contribution in [1.29, 1.82) is 0 Å². The zero-order valence-corrected chi connectivity index (χ0v) is 15.4. The van der Waals surface area contributed by atoms with Crippen LogP contribution in [-0.2, 0) is 0 Å². The van der Waals surface area contributed by atoms with E-state index in [4.69, 9.17) is 0 Å². The summed E-state index contributed by atoms with van der Waals surface area (Å²) in [6.07, 6.45) is 0. The number of hydrogen-bond donors (Lipinski definition) is 0. The van der Waals surface area contributed by atoms with Crippen LogP contribution in [0, 0.1) is 13.8 Å². The SMILES string of the molecule is Cc1cc[c]([Sn]([c]2ccccc2)[c]2ccccc2)c(C)c1. The van der Waals surface area contributed by atoms with E-state index in [0.717, 1.165) is 0 Å². The van der Waals surface area contributed by atoms with Gasteiger partial charge in [-0.05, 0) is 0 Å². The Kier molecular flexibility index (Phi) is 4.45. The van der Waals surface area contributed by atoms with Gasteiger partial charge in [-0.2, -0.15) is 0 Å². The summed E-state index contributed by atoms with van der Waals surface area (Å²) in [6, 6.07) is 29.1. The van der Waals surface area contributed by atoms with Gasteiger partial charge in [0.2, 0.25) is 0 Å². The van der Waals surface area contributed by atoms with Gasteiger partial charge in [0, 0.05) is 0 Å². The third-order valence-electron chi connectivity index (χ3n) is 3.78. The van der Waals surface area contributed by atoms with Crippen molar-refractivity contribution >= 4 is 30.5 Å². The predicted octanol–water partition coefficient (Wildman–Crippen LogP) is 2.82. The van der Waals surface area contributed by atoms with E-state index in [1.165, 1.54) is 18.3 Å². The molecule has 0 bridgehead atoms. The van der Waals surface area contributed by atoms with Crippen molar-refractivity contribution in [1.82, 2.24) is 0 Å². The second-order valence-electron chi connectivity index (χ2n) is 5.43. The molecule has 1 heteroatoms. The summed E-state index contributed by atoms with van der Waals surface area (Å²) in [5, 5.41) is 0. The van der Waals surface area contributed by atoms with Crippen molar-refractivity contribution in [2.24, 2.45) is 0 Å². The molecule has 3 aromatic carbocycles. The first kappa shape index (κ1) is 14.4. The fourth-order valence-electron chi connectivity index (χ4n) is 2.78. The fraction of sp³-hybridized carbons (Fsp3) is 0.100. The Hall–Kier alpha value is -1.54. The third kappa shape index (κ3) is 3.21. The van der Waals surface area contributed by atoms with Crippen LogP contribution in [0.25, 0.3) is 0 Å². The average molecular weight is 378 g/mol. The first-order chi connectivity index (χ1) is 10.3. The quantitative estimate of drug-likeness (QED) is 0.615. The van der Waals surface area contributed by atoms with Crippen LogP contribution in [0.5, 0.6) is 0 Å². The van der Waals surface area contributed by atoms with Gasteiger partial charge in [-0.25, -0.2) is 0 Å². The summed E-state index contributed by atoms with van der Waals surface area (Å²) in [5.41, 5.74) is 2.79. The van der Waals surface area contributed by atoms with Crippen molar-refractivity contribution in [3.8, 4) is 0 Å². The molecule has 0 nitrogen and oxygen atoms in total. The standard InChI is InChI=1S/C8H9.2C6H5.Sn/c1-7-4-3-5-8(2)6-7;2*1-2-4-6-5-3-1;/h3-4,6H,1-2H3;2*1-5H;. The first-order valence-corrected chi connectivity index (χ1v) is 11.6. The minimum absolute atomic E-state index is 1.35. The zero-order chi connectivity index (χ0) is 14.7. The van der Waals surface area contributed by atoms with Crippen molar-refractivity contribution in [2.75, 3.05) is 0 Å². The van der Waals surface area contributed by atoms with E-state index < -0.39 is 19.8 Å². The van der Waals surface area contributed by atoms with Crippen LogP contribution >= 0.6 is 0 Å². The van der Waals surface area contributed by atoms with Gasteiger partial charge in [-0.1, -0.05) is 0 Å². The van der Waals surface area contributed by atoms with Gasteiger partial charge in [-0.15, -0.1) is 0 Å². The molecule has 0 heterocycles. The average Bonchev–Trinajstić information content (AvgIpc) is 2.52. The van der Waals surface area contributed by atoms with E-state index in [1.54, 1.807) is 3.58 Å². The van der Waals surface area contributed by atoms with E-state index in [9.17, 15) is 0 Å². The summed E-state index contributed by atoms with van der Waals surface area (Å²) in [4.78, 5) is 0.